The van der Waals surface area contributed by atoms with Gasteiger partial charge in [-0.3, -0.25) is 0 Å². The summed E-state index contributed by atoms with van der Waals surface area (Å²) >= 11 is 0. The fraction of sp³-hybridized carbons (Fsp3) is 0.0625. The van der Waals surface area contributed by atoms with Crippen LogP contribution in [0.15, 0.2) is 58.7 Å². The quantitative estimate of drug-likeness (QED) is 0.497. The number of nitrogens with zero attached hydrogens (tertiary/aromatic N) is 3. The van der Waals surface area contributed by atoms with Crippen molar-refractivity contribution in [3.63, 3.8) is 0 Å². The number of nitrogens with two attached hydrogens (primary N) is 2. The van der Waals surface area contributed by atoms with Crippen molar-refractivity contribution in [2.24, 2.45) is 21.7 Å². The maximum atomic E-state index is 8.75. The van der Waals surface area contributed by atoms with Crippen LogP contribution in [0, 0.1) is 11.3 Å². The molecule has 6 nitrogen and oxygen atoms in total. The first-order valence-corrected chi connectivity index (χ1v) is 6.51. The van der Waals surface area contributed by atoms with E-state index in [2.05, 4.69) is 16.3 Å². The second kappa shape index (κ2) is 7.45. The van der Waals surface area contributed by atoms with E-state index in [-0.39, 0.29) is 5.96 Å². The summed E-state index contributed by atoms with van der Waals surface area (Å²) in [5, 5.41) is 16.0. The molecule has 22 heavy (non-hydrogen) atoms. The zero-order chi connectivity index (χ0) is 15.8. The van der Waals surface area contributed by atoms with E-state index in [4.69, 9.17) is 21.5 Å². The highest BCUT2D eigenvalue weighted by Crippen LogP contribution is 2.14. The van der Waals surface area contributed by atoms with Gasteiger partial charge in [0.1, 0.15) is 12.4 Å². The number of benzene rings is 2. The van der Waals surface area contributed by atoms with E-state index in [0.29, 0.717) is 17.9 Å². The fourth-order valence-corrected chi connectivity index (χ4v) is 1.69. The highest BCUT2D eigenvalue weighted by molar-refractivity contribution is 5.81. The largest absolute Gasteiger partial charge is 0.489 e. The normalized spacial score (nSPS) is 10.1. The number of nitriles is 1. The van der Waals surface area contributed by atoms with Crippen LogP contribution in [0.3, 0.4) is 0 Å². The molecule has 2 aromatic carbocycles. The van der Waals surface area contributed by atoms with Gasteiger partial charge in [0.25, 0.3) is 0 Å². The van der Waals surface area contributed by atoms with Crippen LogP contribution in [0.4, 0.5) is 0 Å². The van der Waals surface area contributed by atoms with Gasteiger partial charge in [-0.15, -0.1) is 5.10 Å². The minimum atomic E-state index is -0.0931. The summed E-state index contributed by atoms with van der Waals surface area (Å²) in [6.45, 7) is 0.417. The summed E-state index contributed by atoms with van der Waals surface area (Å²) in [7, 11) is 0. The van der Waals surface area contributed by atoms with E-state index in [1.807, 2.05) is 36.4 Å². The van der Waals surface area contributed by atoms with Gasteiger partial charge in [-0.05, 0) is 35.4 Å². The molecule has 6 heteroatoms. The van der Waals surface area contributed by atoms with Crippen LogP contribution in [0.1, 0.15) is 16.7 Å². The van der Waals surface area contributed by atoms with Crippen LogP contribution >= 0.6 is 0 Å². The third-order valence-electron chi connectivity index (χ3n) is 2.73. The first kappa shape index (κ1) is 15.1. The zero-order valence-corrected chi connectivity index (χ0v) is 11.8. The molecule has 0 saturated heterocycles. The molecule has 0 aliphatic heterocycles. The molecular weight excluding hydrogens is 278 g/mol. The molecule has 2 aromatic rings. The van der Waals surface area contributed by atoms with Crippen LogP contribution in [0.5, 0.6) is 5.75 Å². The summed E-state index contributed by atoms with van der Waals surface area (Å²) in [5.41, 5.74) is 12.8. The molecule has 0 bridgehead atoms. The predicted octanol–water partition coefficient (Wildman–Crippen LogP) is 1.74. The lowest BCUT2D eigenvalue weighted by molar-refractivity contribution is 0.306. The maximum Gasteiger partial charge on any atom is 0.211 e. The van der Waals surface area contributed by atoms with Gasteiger partial charge >= 0.3 is 0 Å². The van der Waals surface area contributed by atoms with Crippen LogP contribution in [0.25, 0.3) is 0 Å². The molecule has 0 aliphatic rings. The maximum absolute atomic E-state index is 8.75. The van der Waals surface area contributed by atoms with Crippen molar-refractivity contribution in [3.8, 4) is 11.8 Å². The average Bonchev–Trinajstić information content (AvgIpc) is 2.53. The van der Waals surface area contributed by atoms with E-state index in [9.17, 15) is 0 Å². The molecule has 0 heterocycles. The molecule has 0 fully saturated rings. The molecule has 0 amide bonds. The van der Waals surface area contributed by atoms with Crippen molar-refractivity contribution in [1.29, 1.82) is 5.26 Å². The lowest BCUT2D eigenvalue weighted by atomic mass is 10.1. The number of hydrogen-bond acceptors (Lipinski definition) is 4. The Hall–Kier alpha value is -3.33. The van der Waals surface area contributed by atoms with Crippen molar-refractivity contribution in [1.82, 2.24) is 0 Å². The predicted molar refractivity (Wildman–Crippen MR) is 85.3 cm³/mol. The van der Waals surface area contributed by atoms with Gasteiger partial charge in [0.2, 0.25) is 5.96 Å². The summed E-state index contributed by atoms with van der Waals surface area (Å²) < 4.78 is 5.70. The Labute approximate surface area is 128 Å². The molecule has 0 unspecified atom stereocenters. The Bertz CT molecular complexity index is 725. The Morgan fingerprint density at radius 2 is 1.95 bits per heavy atom. The van der Waals surface area contributed by atoms with Crippen molar-refractivity contribution in [2.75, 3.05) is 0 Å². The van der Waals surface area contributed by atoms with Crippen molar-refractivity contribution < 1.29 is 4.74 Å². The number of hydrogen-bond donors (Lipinski definition) is 2. The van der Waals surface area contributed by atoms with Crippen molar-refractivity contribution >= 4 is 12.2 Å². The van der Waals surface area contributed by atoms with Crippen LogP contribution in [0.2, 0.25) is 0 Å². The Morgan fingerprint density at radius 1 is 1.18 bits per heavy atom. The lowest BCUT2D eigenvalue weighted by Crippen LogP contribution is -2.21. The molecule has 110 valence electrons. The van der Waals surface area contributed by atoms with Gasteiger partial charge in [0, 0.05) is 0 Å². The van der Waals surface area contributed by atoms with E-state index in [1.54, 1.807) is 12.1 Å². The standard InChI is InChI=1S/C16H15N5O/c17-9-12-4-6-13(7-5-12)11-22-15-3-1-2-14(8-15)10-20-21-16(18)19/h1-8,10H,11H2,(H4,18,19,21). The Balaban J connectivity index is 1.99. The smallest absolute Gasteiger partial charge is 0.211 e. The second-order valence-corrected chi connectivity index (χ2v) is 4.44. The van der Waals surface area contributed by atoms with Crippen molar-refractivity contribution in [2.45, 2.75) is 6.61 Å². The zero-order valence-electron chi connectivity index (χ0n) is 11.8. The molecule has 0 atom stereocenters. The van der Waals surface area contributed by atoms with Crippen LogP contribution in [-0.4, -0.2) is 12.2 Å². The summed E-state index contributed by atoms with van der Waals surface area (Å²) in [4.78, 5) is 0. The van der Waals surface area contributed by atoms with Crippen LogP contribution in [-0.2, 0) is 6.61 Å². The molecule has 0 aromatic heterocycles. The van der Waals surface area contributed by atoms with Crippen molar-refractivity contribution in [3.05, 3.63) is 65.2 Å². The minimum Gasteiger partial charge on any atom is -0.489 e. The first-order chi connectivity index (χ1) is 10.7. The lowest BCUT2D eigenvalue weighted by Gasteiger charge is -2.06. The molecule has 4 N–H and O–H groups in total. The molecule has 0 spiro atoms. The molecule has 0 radical (unpaired) electrons. The van der Waals surface area contributed by atoms with E-state index >= 15 is 0 Å². The van der Waals surface area contributed by atoms with Gasteiger partial charge < -0.3 is 16.2 Å². The van der Waals surface area contributed by atoms with Gasteiger partial charge in [0.05, 0.1) is 17.8 Å². The van der Waals surface area contributed by atoms with Gasteiger partial charge in [-0.1, -0.05) is 24.3 Å². The monoisotopic (exact) mass is 293 g/mol. The summed E-state index contributed by atoms with van der Waals surface area (Å²) in [6.07, 6.45) is 1.54. The van der Waals surface area contributed by atoms with Gasteiger partial charge in [0.15, 0.2) is 0 Å². The fourth-order valence-electron chi connectivity index (χ4n) is 1.69. The molecule has 2 rings (SSSR count). The van der Waals surface area contributed by atoms with E-state index in [0.717, 1.165) is 11.1 Å². The summed E-state index contributed by atoms with van der Waals surface area (Å²) in [5.74, 6) is 0.613. The van der Waals surface area contributed by atoms with E-state index in [1.165, 1.54) is 6.21 Å². The Morgan fingerprint density at radius 3 is 2.64 bits per heavy atom. The number of ether oxygens (including phenoxy) is 1. The number of rotatable bonds is 5. The SMILES string of the molecule is N#Cc1ccc(COc2cccc(C=NN=C(N)N)c2)cc1. The summed E-state index contributed by atoms with van der Waals surface area (Å²) in [6, 6.07) is 16.7. The Kier molecular flexibility index (Phi) is 5.10. The van der Waals surface area contributed by atoms with Crippen LogP contribution < -0.4 is 16.2 Å². The molecule has 0 saturated carbocycles. The first-order valence-electron chi connectivity index (χ1n) is 6.51. The highest BCUT2D eigenvalue weighted by atomic mass is 16.5. The third kappa shape index (κ3) is 4.65. The highest BCUT2D eigenvalue weighted by Gasteiger charge is 1.98. The van der Waals surface area contributed by atoms with Gasteiger partial charge in [-0.25, -0.2) is 0 Å². The number of guanidine groups is 1. The third-order valence-corrected chi connectivity index (χ3v) is 2.73. The molecule has 0 aliphatic carbocycles. The second-order valence-electron chi connectivity index (χ2n) is 4.44. The van der Waals surface area contributed by atoms with Gasteiger partial charge in [-0.2, -0.15) is 10.4 Å². The molecular formula is C16H15N5O. The average molecular weight is 293 g/mol. The van der Waals surface area contributed by atoms with E-state index < -0.39 is 0 Å². The minimum absolute atomic E-state index is 0.0931. The topological polar surface area (TPSA) is 110 Å².